The van der Waals surface area contributed by atoms with Crippen LogP contribution in [0.15, 0.2) is 24.5 Å². The normalized spacial score (nSPS) is 22.6. The third kappa shape index (κ3) is 2.28. The van der Waals surface area contributed by atoms with Gasteiger partial charge in [0.1, 0.15) is 11.4 Å². The zero-order chi connectivity index (χ0) is 16.7. The van der Waals surface area contributed by atoms with E-state index in [1.165, 1.54) is 0 Å². The van der Waals surface area contributed by atoms with Crippen LogP contribution in [-0.2, 0) is 11.8 Å². The molecule has 24 heavy (non-hydrogen) atoms. The molecule has 1 spiro atoms. The second kappa shape index (κ2) is 5.43. The van der Waals surface area contributed by atoms with Crippen molar-refractivity contribution in [3.63, 3.8) is 0 Å². The fraction of sp³-hybridized carbons (Fsp3) is 0.412. The predicted molar refractivity (Wildman–Crippen MR) is 89.1 cm³/mol. The number of anilines is 2. The van der Waals surface area contributed by atoms with E-state index >= 15 is 0 Å². The maximum atomic E-state index is 11.5. The number of carboxylic acids is 1. The summed E-state index contributed by atoms with van der Waals surface area (Å²) >= 11 is 0. The van der Waals surface area contributed by atoms with Crippen molar-refractivity contribution < 1.29 is 9.90 Å². The molecule has 0 radical (unpaired) electrons. The minimum absolute atomic E-state index is 0.0854. The molecule has 1 aliphatic carbocycles. The Kier molecular flexibility index (Phi) is 3.37. The van der Waals surface area contributed by atoms with Crippen LogP contribution in [0.3, 0.4) is 0 Å². The van der Waals surface area contributed by atoms with Gasteiger partial charge in [0.15, 0.2) is 0 Å². The van der Waals surface area contributed by atoms with Gasteiger partial charge in [-0.05, 0) is 43.4 Å². The summed E-state index contributed by atoms with van der Waals surface area (Å²) in [7, 11) is 0. The van der Waals surface area contributed by atoms with E-state index in [9.17, 15) is 9.90 Å². The van der Waals surface area contributed by atoms with Gasteiger partial charge in [-0.1, -0.05) is 0 Å². The van der Waals surface area contributed by atoms with E-state index in [4.69, 9.17) is 5.73 Å². The van der Waals surface area contributed by atoms with Crippen molar-refractivity contribution in [1.29, 1.82) is 0 Å². The first-order valence-electron chi connectivity index (χ1n) is 8.14. The number of fused-ring (bicyclic) bond motifs is 2. The number of carbonyl (C=O) groups is 1. The maximum absolute atomic E-state index is 11.5. The van der Waals surface area contributed by atoms with Crippen LogP contribution >= 0.6 is 0 Å². The fourth-order valence-corrected chi connectivity index (χ4v) is 4.08. The van der Waals surface area contributed by atoms with E-state index in [1.54, 1.807) is 18.3 Å². The van der Waals surface area contributed by atoms with E-state index in [0.29, 0.717) is 18.3 Å². The molecule has 7 nitrogen and oxygen atoms in total. The van der Waals surface area contributed by atoms with Crippen molar-refractivity contribution in [3.05, 3.63) is 41.3 Å². The zero-order valence-electron chi connectivity index (χ0n) is 13.3. The number of aromatic carboxylic acids is 1. The molecule has 3 N–H and O–H groups in total. The van der Waals surface area contributed by atoms with Gasteiger partial charge >= 0.3 is 5.97 Å². The summed E-state index contributed by atoms with van der Waals surface area (Å²) < 4.78 is 0. The number of nitrogens with zero attached hydrogens (tertiary/aromatic N) is 4. The summed E-state index contributed by atoms with van der Waals surface area (Å²) in [6.07, 6.45) is 7.41. The second-order valence-electron chi connectivity index (χ2n) is 6.59. The number of pyridine rings is 1. The lowest BCUT2D eigenvalue weighted by atomic mass is 9.77. The average molecular weight is 325 g/mol. The molecule has 2 aliphatic rings. The molecule has 1 saturated heterocycles. The van der Waals surface area contributed by atoms with Crippen LogP contribution in [-0.4, -0.2) is 39.1 Å². The standard InChI is InChI=1S/C17H19N5O2/c18-16-20-9-11-4-6-17(13(11)21-16)5-2-8-22(10-17)14-12(15(23)24)3-1-7-19-14/h1,3,7,9H,2,4-6,8,10H2,(H,23,24)(H2,18,20,21). The Morgan fingerprint density at radius 3 is 3.04 bits per heavy atom. The lowest BCUT2D eigenvalue weighted by Crippen LogP contribution is -2.46. The highest BCUT2D eigenvalue weighted by Gasteiger charge is 2.44. The molecule has 1 atom stereocenters. The molecule has 0 bridgehead atoms. The molecule has 1 fully saturated rings. The third-order valence-corrected chi connectivity index (χ3v) is 5.15. The molecule has 3 heterocycles. The van der Waals surface area contributed by atoms with Gasteiger partial charge in [-0.25, -0.2) is 19.7 Å². The number of nitrogens with two attached hydrogens (primary N) is 1. The van der Waals surface area contributed by atoms with Crippen molar-refractivity contribution in [2.75, 3.05) is 23.7 Å². The maximum Gasteiger partial charge on any atom is 0.339 e. The highest BCUT2D eigenvalue weighted by atomic mass is 16.4. The number of hydrogen-bond acceptors (Lipinski definition) is 6. The molecule has 0 amide bonds. The third-order valence-electron chi connectivity index (χ3n) is 5.15. The van der Waals surface area contributed by atoms with Crippen LogP contribution in [0, 0.1) is 0 Å². The van der Waals surface area contributed by atoms with Gasteiger partial charge in [-0.15, -0.1) is 0 Å². The number of aryl methyl sites for hydroxylation is 1. The lowest BCUT2D eigenvalue weighted by Gasteiger charge is -2.41. The number of aromatic nitrogens is 3. The monoisotopic (exact) mass is 325 g/mol. The Morgan fingerprint density at radius 2 is 2.21 bits per heavy atom. The van der Waals surface area contributed by atoms with Crippen LogP contribution in [0.1, 0.15) is 40.9 Å². The lowest BCUT2D eigenvalue weighted by molar-refractivity contribution is 0.0697. The van der Waals surface area contributed by atoms with Gasteiger partial charge in [0.2, 0.25) is 5.95 Å². The summed E-state index contributed by atoms with van der Waals surface area (Å²) in [4.78, 5) is 26.6. The summed E-state index contributed by atoms with van der Waals surface area (Å²) in [6, 6.07) is 3.26. The van der Waals surface area contributed by atoms with Crippen LogP contribution in [0.2, 0.25) is 0 Å². The van der Waals surface area contributed by atoms with E-state index < -0.39 is 5.97 Å². The van der Waals surface area contributed by atoms with Gasteiger partial charge in [0.05, 0.1) is 5.69 Å². The Morgan fingerprint density at radius 1 is 1.33 bits per heavy atom. The van der Waals surface area contributed by atoms with Crippen molar-refractivity contribution in [2.45, 2.75) is 31.1 Å². The highest BCUT2D eigenvalue weighted by Crippen LogP contribution is 2.44. The predicted octanol–water partition coefficient (Wildman–Crippen LogP) is 1.64. The molecular weight excluding hydrogens is 306 g/mol. The first kappa shape index (κ1) is 14.9. The minimum Gasteiger partial charge on any atom is -0.478 e. The number of carboxylic acid groups (broad SMARTS) is 1. The second-order valence-corrected chi connectivity index (χ2v) is 6.59. The topological polar surface area (TPSA) is 105 Å². The number of nitrogen functional groups attached to an aromatic ring is 1. The summed E-state index contributed by atoms with van der Waals surface area (Å²) in [5, 5.41) is 9.44. The van der Waals surface area contributed by atoms with E-state index in [-0.39, 0.29) is 11.0 Å². The molecule has 4 rings (SSSR count). The molecule has 124 valence electrons. The van der Waals surface area contributed by atoms with Crippen molar-refractivity contribution >= 4 is 17.7 Å². The number of hydrogen-bond donors (Lipinski definition) is 2. The first-order valence-corrected chi connectivity index (χ1v) is 8.14. The van der Waals surface area contributed by atoms with Crippen LogP contribution in [0.25, 0.3) is 0 Å². The minimum atomic E-state index is -0.948. The van der Waals surface area contributed by atoms with Gasteiger partial charge in [0, 0.05) is 30.9 Å². The Balaban J connectivity index is 1.72. The molecule has 0 saturated carbocycles. The van der Waals surface area contributed by atoms with E-state index in [2.05, 4.69) is 19.9 Å². The Hall–Kier alpha value is -2.70. The Labute approximate surface area is 139 Å². The molecule has 0 aromatic carbocycles. The summed E-state index contributed by atoms with van der Waals surface area (Å²) in [5.41, 5.74) is 8.16. The summed E-state index contributed by atoms with van der Waals surface area (Å²) in [5.74, 6) is -0.105. The van der Waals surface area contributed by atoms with Gasteiger partial charge in [-0.3, -0.25) is 0 Å². The van der Waals surface area contributed by atoms with E-state index in [1.807, 2.05) is 6.20 Å². The number of piperidine rings is 1. The van der Waals surface area contributed by atoms with Gasteiger partial charge < -0.3 is 15.7 Å². The zero-order valence-corrected chi connectivity index (χ0v) is 13.3. The number of rotatable bonds is 2. The quantitative estimate of drug-likeness (QED) is 0.864. The first-order chi connectivity index (χ1) is 11.6. The molecule has 2 aromatic heterocycles. The average Bonchev–Trinajstić information content (AvgIpc) is 2.92. The summed E-state index contributed by atoms with van der Waals surface area (Å²) in [6.45, 7) is 1.52. The molecule has 7 heteroatoms. The SMILES string of the molecule is Nc1ncc2c(n1)C1(CCCN(c3ncccc3C(=O)O)C1)CC2. The van der Waals surface area contributed by atoms with E-state index in [0.717, 1.165) is 43.5 Å². The van der Waals surface area contributed by atoms with Crippen LogP contribution in [0.4, 0.5) is 11.8 Å². The van der Waals surface area contributed by atoms with Crippen LogP contribution < -0.4 is 10.6 Å². The Bertz CT molecular complexity index is 805. The molecule has 1 aliphatic heterocycles. The molecular formula is C17H19N5O2. The fourth-order valence-electron chi connectivity index (χ4n) is 4.08. The van der Waals surface area contributed by atoms with Crippen molar-refractivity contribution in [3.8, 4) is 0 Å². The van der Waals surface area contributed by atoms with Gasteiger partial charge in [-0.2, -0.15) is 0 Å². The molecule has 2 aromatic rings. The molecule has 1 unspecified atom stereocenters. The van der Waals surface area contributed by atoms with Crippen molar-refractivity contribution in [2.24, 2.45) is 0 Å². The largest absolute Gasteiger partial charge is 0.478 e. The van der Waals surface area contributed by atoms with Crippen molar-refractivity contribution in [1.82, 2.24) is 15.0 Å². The van der Waals surface area contributed by atoms with Gasteiger partial charge in [0.25, 0.3) is 0 Å². The van der Waals surface area contributed by atoms with Crippen LogP contribution in [0.5, 0.6) is 0 Å². The highest BCUT2D eigenvalue weighted by molar-refractivity contribution is 5.93. The smallest absolute Gasteiger partial charge is 0.339 e.